The van der Waals surface area contributed by atoms with Gasteiger partial charge in [-0.15, -0.1) is 10.2 Å². The molecule has 0 atom stereocenters. The highest BCUT2D eigenvalue weighted by molar-refractivity contribution is 7.99. The summed E-state index contributed by atoms with van der Waals surface area (Å²) >= 11 is 1.11. The maximum atomic E-state index is 12.9. The number of amides is 1. The van der Waals surface area contributed by atoms with E-state index >= 15 is 0 Å². The summed E-state index contributed by atoms with van der Waals surface area (Å²) in [4.78, 5) is 24.4. The van der Waals surface area contributed by atoms with Gasteiger partial charge in [-0.05, 0) is 48.2 Å². The van der Waals surface area contributed by atoms with Crippen LogP contribution in [0.4, 0.5) is 22.7 Å². The van der Waals surface area contributed by atoms with Crippen molar-refractivity contribution in [2.45, 2.75) is 10.1 Å². The van der Waals surface area contributed by atoms with Crippen molar-refractivity contribution in [3.05, 3.63) is 94.8 Å². The van der Waals surface area contributed by atoms with Crippen LogP contribution in [0.5, 0.6) is 0 Å². The van der Waals surface area contributed by atoms with Crippen LogP contribution in [0, 0.1) is 10.1 Å². The van der Waals surface area contributed by atoms with Crippen molar-refractivity contribution >= 4 is 40.4 Å². The van der Waals surface area contributed by atoms with Gasteiger partial charge in [0.25, 0.3) is 11.6 Å². The number of aryl methyl sites for hydroxylation is 1. The Morgan fingerprint density at radius 3 is 2.44 bits per heavy atom. The Morgan fingerprint density at radius 1 is 1.03 bits per heavy atom. The van der Waals surface area contributed by atoms with Gasteiger partial charge >= 0.3 is 0 Å². The van der Waals surface area contributed by atoms with E-state index in [4.69, 9.17) is 0 Å². The van der Waals surface area contributed by atoms with Crippen molar-refractivity contribution in [1.29, 1.82) is 0 Å². The number of aromatic nitrogens is 3. The first-order valence-corrected chi connectivity index (χ1v) is 10.4. The van der Waals surface area contributed by atoms with E-state index < -0.39 is 10.8 Å². The molecule has 0 aliphatic rings. The van der Waals surface area contributed by atoms with E-state index in [1.54, 1.807) is 35.9 Å². The second kappa shape index (κ2) is 9.31. The normalized spacial score (nSPS) is 10.5. The van der Waals surface area contributed by atoms with Crippen LogP contribution in [0.3, 0.4) is 0 Å². The number of anilines is 3. The zero-order valence-electron chi connectivity index (χ0n) is 16.9. The number of nitro benzene ring substituents is 1. The van der Waals surface area contributed by atoms with Gasteiger partial charge in [0.1, 0.15) is 6.33 Å². The minimum Gasteiger partial charge on any atom is -0.354 e. The van der Waals surface area contributed by atoms with E-state index in [0.717, 1.165) is 17.4 Å². The number of carbonyl (C=O) groups excluding carboxylic acids is 1. The molecule has 0 bridgehead atoms. The van der Waals surface area contributed by atoms with Crippen LogP contribution in [0.1, 0.15) is 10.4 Å². The number of hydrogen-bond acceptors (Lipinski definition) is 7. The van der Waals surface area contributed by atoms with Crippen molar-refractivity contribution in [2.24, 2.45) is 7.05 Å². The summed E-state index contributed by atoms with van der Waals surface area (Å²) in [5.41, 5.74) is 2.13. The number of para-hydroxylation sites is 3. The minimum atomic E-state index is -0.514. The van der Waals surface area contributed by atoms with Gasteiger partial charge in [-0.2, -0.15) is 0 Å². The highest BCUT2D eigenvalue weighted by atomic mass is 32.2. The Hall–Kier alpha value is -4.18. The first-order valence-electron chi connectivity index (χ1n) is 9.54. The molecule has 1 heterocycles. The number of benzene rings is 3. The first-order chi connectivity index (χ1) is 15.5. The average Bonchev–Trinajstić information content (AvgIpc) is 3.20. The molecule has 0 unspecified atom stereocenters. The van der Waals surface area contributed by atoms with Crippen LogP contribution < -0.4 is 10.6 Å². The summed E-state index contributed by atoms with van der Waals surface area (Å²) in [5.74, 6) is -0.453. The van der Waals surface area contributed by atoms with Crippen molar-refractivity contribution in [3.63, 3.8) is 0 Å². The molecular weight excluding hydrogens is 428 g/mol. The monoisotopic (exact) mass is 446 g/mol. The quantitative estimate of drug-likeness (QED) is 0.307. The molecule has 4 aromatic rings. The largest absolute Gasteiger partial charge is 0.354 e. The zero-order valence-corrected chi connectivity index (χ0v) is 17.7. The maximum absolute atomic E-state index is 12.9. The van der Waals surface area contributed by atoms with Crippen LogP contribution in [-0.4, -0.2) is 25.6 Å². The van der Waals surface area contributed by atoms with Crippen molar-refractivity contribution < 1.29 is 9.72 Å². The average molecular weight is 446 g/mol. The topological polar surface area (TPSA) is 115 Å². The van der Waals surface area contributed by atoms with E-state index in [1.165, 1.54) is 12.4 Å². The lowest BCUT2D eigenvalue weighted by molar-refractivity contribution is -0.387. The smallest absolute Gasteiger partial charge is 0.284 e. The summed E-state index contributed by atoms with van der Waals surface area (Å²) < 4.78 is 1.66. The molecule has 1 aromatic heterocycles. The molecule has 0 aliphatic carbocycles. The third kappa shape index (κ3) is 4.76. The molecule has 2 N–H and O–H groups in total. The zero-order chi connectivity index (χ0) is 22.5. The molecule has 0 saturated heterocycles. The fourth-order valence-electron chi connectivity index (χ4n) is 2.92. The minimum absolute atomic E-state index is 0.175. The Morgan fingerprint density at radius 2 is 1.75 bits per heavy atom. The Kier molecular flexibility index (Phi) is 6.13. The van der Waals surface area contributed by atoms with Crippen molar-refractivity contribution in [3.8, 4) is 0 Å². The third-order valence-electron chi connectivity index (χ3n) is 4.52. The van der Waals surface area contributed by atoms with E-state index in [-0.39, 0.29) is 11.3 Å². The molecule has 0 radical (unpaired) electrons. The van der Waals surface area contributed by atoms with E-state index in [9.17, 15) is 14.9 Å². The summed E-state index contributed by atoms with van der Waals surface area (Å²) in [6, 6.07) is 21.2. The predicted molar refractivity (Wildman–Crippen MR) is 122 cm³/mol. The van der Waals surface area contributed by atoms with Gasteiger partial charge in [-0.3, -0.25) is 14.9 Å². The molecular formula is C22H18N6O3S. The van der Waals surface area contributed by atoms with Gasteiger partial charge in [0.05, 0.1) is 21.2 Å². The number of nitrogens with one attached hydrogen (secondary N) is 2. The lowest BCUT2D eigenvalue weighted by Crippen LogP contribution is -2.13. The molecule has 10 heteroatoms. The molecule has 0 aliphatic heterocycles. The molecule has 9 nitrogen and oxygen atoms in total. The van der Waals surface area contributed by atoms with Gasteiger partial charge in [0.2, 0.25) is 0 Å². The van der Waals surface area contributed by atoms with Crippen LogP contribution in [0.15, 0.2) is 89.2 Å². The summed E-state index contributed by atoms with van der Waals surface area (Å²) in [5, 5.41) is 25.9. The van der Waals surface area contributed by atoms with Gasteiger partial charge in [-0.1, -0.05) is 30.3 Å². The van der Waals surface area contributed by atoms with E-state index in [1.807, 2.05) is 42.5 Å². The van der Waals surface area contributed by atoms with Gasteiger partial charge < -0.3 is 15.2 Å². The lowest BCUT2D eigenvalue weighted by Gasteiger charge is -2.13. The number of nitrogens with zero attached hydrogens (tertiary/aromatic N) is 4. The van der Waals surface area contributed by atoms with E-state index in [2.05, 4.69) is 20.8 Å². The first kappa shape index (κ1) is 21.1. The molecule has 0 spiro atoms. The third-order valence-corrected chi connectivity index (χ3v) is 5.63. The fourth-order valence-corrected chi connectivity index (χ4v) is 3.77. The fraction of sp³-hybridized carbons (Fsp3) is 0.0455. The molecule has 0 saturated carbocycles. The number of rotatable bonds is 7. The standard InChI is InChI=1S/C22H18N6O3S/c1-27-14-23-26-22(27)32-20-12-11-15(13-19(20)28(30)31)21(29)25-18-10-6-5-9-17(18)24-16-7-3-2-4-8-16/h2-14,24H,1H3,(H,25,29). The van der Waals surface area contributed by atoms with Gasteiger partial charge in [0, 0.05) is 24.4 Å². The SMILES string of the molecule is Cn1cnnc1Sc1ccc(C(=O)Nc2ccccc2Nc2ccccc2)cc1[N+](=O)[O-]. The lowest BCUT2D eigenvalue weighted by atomic mass is 10.1. The van der Waals surface area contributed by atoms with Crippen molar-refractivity contribution in [1.82, 2.24) is 14.8 Å². The second-order valence-corrected chi connectivity index (χ2v) is 7.77. The molecule has 160 valence electrons. The Balaban J connectivity index is 1.57. The summed E-state index contributed by atoms with van der Waals surface area (Å²) in [6.07, 6.45) is 1.51. The highest BCUT2D eigenvalue weighted by Gasteiger charge is 2.20. The molecule has 3 aromatic carbocycles. The van der Waals surface area contributed by atoms with Crippen molar-refractivity contribution in [2.75, 3.05) is 10.6 Å². The van der Waals surface area contributed by atoms with Crippen LogP contribution in [0.25, 0.3) is 0 Å². The number of nitro groups is 1. The molecule has 4 rings (SSSR count). The molecule has 1 amide bonds. The highest BCUT2D eigenvalue weighted by Crippen LogP contribution is 2.34. The van der Waals surface area contributed by atoms with E-state index in [0.29, 0.717) is 21.4 Å². The van der Waals surface area contributed by atoms with Crippen LogP contribution >= 0.6 is 11.8 Å². The predicted octanol–water partition coefficient (Wildman–Crippen LogP) is 4.87. The molecule has 32 heavy (non-hydrogen) atoms. The Labute approximate surface area is 187 Å². The van der Waals surface area contributed by atoms with Gasteiger partial charge in [-0.25, -0.2) is 0 Å². The second-order valence-electron chi connectivity index (χ2n) is 6.76. The maximum Gasteiger partial charge on any atom is 0.284 e. The molecule has 0 fully saturated rings. The summed E-state index contributed by atoms with van der Waals surface area (Å²) in [6.45, 7) is 0. The van der Waals surface area contributed by atoms with Crippen LogP contribution in [0.2, 0.25) is 0 Å². The van der Waals surface area contributed by atoms with Gasteiger partial charge in [0.15, 0.2) is 5.16 Å². The summed E-state index contributed by atoms with van der Waals surface area (Å²) in [7, 11) is 1.75. The number of carbonyl (C=O) groups is 1. The Bertz CT molecular complexity index is 1280. The van der Waals surface area contributed by atoms with Crippen LogP contribution in [-0.2, 0) is 7.05 Å². The number of hydrogen-bond donors (Lipinski definition) is 2.